The Morgan fingerprint density at radius 2 is 1.80 bits per heavy atom. The van der Waals surface area contributed by atoms with Crippen LogP contribution in [0.25, 0.3) is 0 Å². The highest BCUT2D eigenvalue weighted by atomic mass is 79.9. The fraction of sp³-hybridized carbons (Fsp3) is 0.188. The number of rotatable bonds is 2. The van der Waals surface area contributed by atoms with Gasteiger partial charge in [-0.15, -0.1) is 0 Å². The highest BCUT2D eigenvalue weighted by Gasteiger charge is 2.37. The molecule has 1 aliphatic rings. The van der Waals surface area contributed by atoms with E-state index in [9.17, 15) is 9.90 Å². The Morgan fingerprint density at radius 3 is 2.60 bits per heavy atom. The number of aliphatic hydroxyl groups excluding tert-OH is 1. The molecular weight excluding hydrogens is 320 g/mol. The van der Waals surface area contributed by atoms with E-state index < -0.39 is 10.9 Å². The van der Waals surface area contributed by atoms with Crippen LogP contribution >= 0.6 is 15.9 Å². The molecule has 1 N–H and O–H groups in total. The topological polar surface area (TPSA) is 46.5 Å². The summed E-state index contributed by atoms with van der Waals surface area (Å²) in [4.78, 5) is 12.0. The van der Waals surface area contributed by atoms with E-state index in [1.807, 2.05) is 36.4 Å². The van der Waals surface area contributed by atoms with Gasteiger partial charge in [0.2, 0.25) is 0 Å². The SMILES string of the molecule is O=C1c2ccccc2O[C@@H](c2ccccc2CO)[C@H]1Br. The smallest absolute Gasteiger partial charge is 0.184 e. The van der Waals surface area contributed by atoms with E-state index in [2.05, 4.69) is 15.9 Å². The second-order valence-corrected chi connectivity index (χ2v) is 5.64. The van der Waals surface area contributed by atoms with E-state index in [0.717, 1.165) is 11.1 Å². The number of carbonyl (C=O) groups excluding carboxylic acids is 1. The van der Waals surface area contributed by atoms with Gasteiger partial charge >= 0.3 is 0 Å². The molecule has 0 fully saturated rings. The monoisotopic (exact) mass is 332 g/mol. The van der Waals surface area contributed by atoms with E-state index in [-0.39, 0.29) is 12.4 Å². The highest BCUT2D eigenvalue weighted by molar-refractivity contribution is 9.10. The lowest BCUT2D eigenvalue weighted by atomic mass is 9.93. The lowest BCUT2D eigenvalue weighted by Crippen LogP contribution is -2.32. The molecule has 1 heterocycles. The van der Waals surface area contributed by atoms with Crippen LogP contribution in [0, 0.1) is 0 Å². The average molecular weight is 333 g/mol. The van der Waals surface area contributed by atoms with Crippen LogP contribution in [0.4, 0.5) is 0 Å². The molecule has 102 valence electrons. The molecule has 2 atom stereocenters. The Labute approximate surface area is 125 Å². The van der Waals surface area contributed by atoms with Crippen LogP contribution in [0.3, 0.4) is 0 Å². The number of Topliss-reactive ketones (excluding diaryl/α,β-unsaturated/α-hetero) is 1. The van der Waals surface area contributed by atoms with Gasteiger partial charge in [-0.05, 0) is 23.3 Å². The minimum absolute atomic E-state index is 0.00425. The lowest BCUT2D eigenvalue weighted by molar-refractivity contribution is 0.0870. The molecule has 1 aliphatic heterocycles. The normalized spacial score (nSPS) is 21.2. The maximum Gasteiger partial charge on any atom is 0.184 e. The molecule has 20 heavy (non-hydrogen) atoms. The summed E-state index contributed by atoms with van der Waals surface area (Å²) in [5.41, 5.74) is 2.20. The first-order valence-corrected chi connectivity index (χ1v) is 7.26. The summed E-state index contributed by atoms with van der Waals surface area (Å²) < 4.78 is 5.96. The van der Waals surface area contributed by atoms with Crippen molar-refractivity contribution in [3.05, 3.63) is 65.2 Å². The first-order chi connectivity index (χ1) is 9.72. The summed E-state index contributed by atoms with van der Waals surface area (Å²) in [6.45, 7) is -0.0778. The van der Waals surface area contributed by atoms with Crippen LogP contribution in [0.5, 0.6) is 5.75 Å². The Morgan fingerprint density at radius 1 is 1.10 bits per heavy atom. The number of fused-ring (bicyclic) bond motifs is 1. The minimum atomic E-state index is -0.454. The number of ether oxygens (including phenoxy) is 1. The number of hydrogen-bond donors (Lipinski definition) is 1. The second-order valence-electron chi connectivity index (χ2n) is 4.66. The number of para-hydroxylation sites is 1. The van der Waals surface area contributed by atoms with Crippen molar-refractivity contribution >= 4 is 21.7 Å². The van der Waals surface area contributed by atoms with Gasteiger partial charge in [0, 0.05) is 0 Å². The van der Waals surface area contributed by atoms with E-state index in [4.69, 9.17) is 4.74 Å². The van der Waals surface area contributed by atoms with Crippen LogP contribution in [0.2, 0.25) is 0 Å². The molecule has 3 rings (SSSR count). The number of carbonyl (C=O) groups is 1. The molecule has 0 aromatic heterocycles. The van der Waals surface area contributed by atoms with Gasteiger partial charge < -0.3 is 9.84 Å². The van der Waals surface area contributed by atoms with Crippen molar-refractivity contribution in [1.29, 1.82) is 0 Å². The Bertz CT molecular complexity index is 654. The first kappa shape index (κ1) is 13.3. The number of halogens is 1. The Hall–Kier alpha value is -1.65. The highest BCUT2D eigenvalue weighted by Crippen LogP contribution is 2.39. The molecular formula is C16H13BrO3. The van der Waals surface area contributed by atoms with Crippen molar-refractivity contribution in [1.82, 2.24) is 0 Å². The molecule has 0 bridgehead atoms. The third-order valence-corrected chi connectivity index (χ3v) is 4.35. The van der Waals surface area contributed by atoms with Gasteiger partial charge in [-0.2, -0.15) is 0 Å². The fourth-order valence-corrected chi connectivity index (χ4v) is 3.07. The predicted octanol–water partition coefficient (Wildman–Crippen LogP) is 3.26. The maximum atomic E-state index is 12.4. The number of alkyl halides is 1. The van der Waals surface area contributed by atoms with Gasteiger partial charge in [0.05, 0.1) is 12.2 Å². The largest absolute Gasteiger partial charge is 0.483 e. The Kier molecular flexibility index (Phi) is 3.59. The summed E-state index contributed by atoms with van der Waals surface area (Å²) in [5, 5.41) is 9.44. The molecule has 0 amide bonds. The van der Waals surface area contributed by atoms with Crippen LogP contribution in [0.1, 0.15) is 27.6 Å². The molecule has 0 aliphatic carbocycles. The first-order valence-electron chi connectivity index (χ1n) is 6.35. The van der Waals surface area contributed by atoms with E-state index in [1.165, 1.54) is 0 Å². The summed E-state index contributed by atoms with van der Waals surface area (Å²) in [5.74, 6) is 0.593. The van der Waals surface area contributed by atoms with Gasteiger partial charge in [-0.25, -0.2) is 0 Å². The van der Waals surface area contributed by atoms with Crippen LogP contribution in [-0.4, -0.2) is 15.7 Å². The molecule has 0 radical (unpaired) electrons. The van der Waals surface area contributed by atoms with E-state index in [0.29, 0.717) is 11.3 Å². The fourth-order valence-electron chi connectivity index (χ4n) is 2.43. The molecule has 3 nitrogen and oxygen atoms in total. The van der Waals surface area contributed by atoms with Crippen molar-refractivity contribution < 1.29 is 14.6 Å². The zero-order valence-corrected chi connectivity index (χ0v) is 12.2. The Balaban J connectivity index is 2.06. The van der Waals surface area contributed by atoms with Crippen LogP contribution in [0.15, 0.2) is 48.5 Å². The average Bonchev–Trinajstić information content (AvgIpc) is 2.51. The second kappa shape index (κ2) is 5.38. The van der Waals surface area contributed by atoms with Crippen molar-refractivity contribution in [3.8, 4) is 5.75 Å². The molecule has 0 unspecified atom stereocenters. The summed E-state index contributed by atoms with van der Waals surface area (Å²) >= 11 is 3.43. The van der Waals surface area contributed by atoms with Crippen molar-refractivity contribution in [2.75, 3.05) is 0 Å². The van der Waals surface area contributed by atoms with E-state index in [1.54, 1.807) is 12.1 Å². The van der Waals surface area contributed by atoms with Crippen LogP contribution < -0.4 is 4.74 Å². The zero-order chi connectivity index (χ0) is 14.1. The number of ketones is 1. The van der Waals surface area contributed by atoms with Crippen molar-refractivity contribution in [3.63, 3.8) is 0 Å². The molecule has 0 saturated heterocycles. The van der Waals surface area contributed by atoms with Gasteiger partial charge in [-0.1, -0.05) is 52.3 Å². The van der Waals surface area contributed by atoms with Crippen molar-refractivity contribution in [2.45, 2.75) is 17.5 Å². The van der Waals surface area contributed by atoms with Gasteiger partial charge in [0.15, 0.2) is 5.78 Å². The number of hydrogen-bond acceptors (Lipinski definition) is 3. The van der Waals surface area contributed by atoms with Gasteiger partial charge in [0.25, 0.3) is 0 Å². The van der Waals surface area contributed by atoms with Gasteiger partial charge in [0.1, 0.15) is 16.7 Å². The molecule has 4 heteroatoms. The molecule has 2 aromatic carbocycles. The maximum absolute atomic E-state index is 12.4. The number of aliphatic hydroxyl groups is 1. The summed E-state index contributed by atoms with van der Waals surface area (Å²) in [7, 11) is 0. The molecule has 0 spiro atoms. The van der Waals surface area contributed by atoms with Crippen LogP contribution in [-0.2, 0) is 6.61 Å². The number of benzene rings is 2. The third kappa shape index (κ3) is 2.15. The molecule has 0 saturated carbocycles. The van der Waals surface area contributed by atoms with Crippen molar-refractivity contribution in [2.24, 2.45) is 0 Å². The minimum Gasteiger partial charge on any atom is -0.483 e. The molecule has 2 aromatic rings. The quantitative estimate of drug-likeness (QED) is 0.858. The standard InChI is InChI=1S/C16H13BrO3/c17-14-15(19)12-7-3-4-8-13(12)20-16(14)11-6-2-1-5-10(11)9-18/h1-8,14,16,18H,9H2/t14-,16-/m0/s1. The van der Waals surface area contributed by atoms with Gasteiger partial charge in [-0.3, -0.25) is 4.79 Å². The zero-order valence-electron chi connectivity index (χ0n) is 10.6. The predicted molar refractivity (Wildman–Crippen MR) is 79.2 cm³/mol. The summed E-state index contributed by atoms with van der Waals surface area (Å²) in [6.07, 6.45) is -0.430. The lowest BCUT2D eigenvalue weighted by Gasteiger charge is -2.30. The summed E-state index contributed by atoms with van der Waals surface area (Å²) in [6, 6.07) is 14.7. The third-order valence-electron chi connectivity index (χ3n) is 3.45. The van der Waals surface area contributed by atoms with E-state index >= 15 is 0 Å².